The predicted molar refractivity (Wildman–Crippen MR) is 243 cm³/mol. The van der Waals surface area contributed by atoms with Crippen LogP contribution >= 0.6 is 15.8 Å². The minimum absolute atomic E-state index is 0.163. The second-order valence-corrected chi connectivity index (χ2v) is 31.0. The molecule has 0 nitrogen and oxygen atoms in total. The Labute approximate surface area is 327 Å². The Hall–Kier alpha value is 0.340. The van der Waals surface area contributed by atoms with Crippen LogP contribution in [0.2, 0.25) is 0 Å². The van der Waals surface area contributed by atoms with Gasteiger partial charge in [-0.3, -0.25) is 0 Å². The van der Waals surface area contributed by atoms with E-state index in [2.05, 4.69) is 131 Å². The molecular formula is C49H96P2. The highest BCUT2D eigenvalue weighted by Gasteiger charge is 2.40. The Morgan fingerprint density at radius 1 is 0.412 bits per heavy atom. The largest absolute Gasteiger partial charge is 0.0914 e. The lowest BCUT2D eigenvalue weighted by Gasteiger charge is -2.44. The molecule has 0 saturated heterocycles. The van der Waals surface area contributed by atoms with Crippen LogP contribution in [0.1, 0.15) is 240 Å². The van der Waals surface area contributed by atoms with Crippen LogP contribution in [-0.2, 0) is 0 Å². The Kier molecular flexibility index (Phi) is 20.9. The van der Waals surface area contributed by atoms with Gasteiger partial charge in [-0.25, -0.2) is 0 Å². The first-order valence-electron chi connectivity index (χ1n) is 22.1. The van der Waals surface area contributed by atoms with Crippen LogP contribution < -0.4 is 0 Å². The van der Waals surface area contributed by atoms with E-state index in [1.807, 2.05) is 11.1 Å². The lowest BCUT2D eigenvalue weighted by Crippen LogP contribution is -2.29. The van der Waals surface area contributed by atoms with Gasteiger partial charge < -0.3 is 0 Å². The van der Waals surface area contributed by atoms with E-state index in [1.165, 1.54) is 128 Å². The zero-order valence-corrected chi connectivity index (χ0v) is 40.5. The van der Waals surface area contributed by atoms with Crippen LogP contribution in [0.4, 0.5) is 0 Å². The van der Waals surface area contributed by atoms with Crippen LogP contribution in [0.25, 0.3) is 0 Å². The van der Waals surface area contributed by atoms with Crippen molar-refractivity contribution in [2.45, 2.75) is 261 Å². The molecule has 0 N–H and O–H groups in total. The summed E-state index contributed by atoms with van der Waals surface area (Å²) in [4.78, 5) is 0. The normalized spacial score (nSPS) is 17.0. The summed E-state index contributed by atoms with van der Waals surface area (Å²) in [5, 5.41) is 1.43. The molecule has 0 aliphatic heterocycles. The number of rotatable bonds is 22. The summed E-state index contributed by atoms with van der Waals surface area (Å²) in [6.07, 6.45) is 30.8. The summed E-state index contributed by atoms with van der Waals surface area (Å²) in [5.41, 5.74) is 6.52. The first-order chi connectivity index (χ1) is 23.1. The maximum atomic E-state index is 2.83. The highest BCUT2D eigenvalue weighted by Crippen LogP contribution is 2.64. The Balaban J connectivity index is 3.20. The number of hydrogen-bond acceptors (Lipinski definition) is 0. The van der Waals surface area contributed by atoms with Crippen molar-refractivity contribution in [1.82, 2.24) is 0 Å². The fourth-order valence-corrected chi connectivity index (χ4v) is 16.2. The summed E-state index contributed by atoms with van der Waals surface area (Å²) < 4.78 is 0. The SMILES string of the molecule is CC(C)(C)CCCCCCCCCC1=CC(CP(C(C)(C)C)C(C)(C)C)=C(CP(C(C)(C)C)C(C)(C)C)C1CCCCCCCCCC(C)(C)C. The molecule has 1 atom stereocenters. The van der Waals surface area contributed by atoms with E-state index in [0.29, 0.717) is 37.4 Å². The van der Waals surface area contributed by atoms with E-state index in [4.69, 9.17) is 0 Å². The molecule has 1 rings (SSSR count). The van der Waals surface area contributed by atoms with E-state index in [9.17, 15) is 0 Å². The molecule has 0 saturated carbocycles. The Morgan fingerprint density at radius 2 is 0.745 bits per heavy atom. The Morgan fingerprint density at radius 3 is 1.12 bits per heavy atom. The summed E-state index contributed by atoms with van der Waals surface area (Å²) in [7, 11) is -0.326. The second kappa shape index (κ2) is 21.6. The molecular weight excluding hydrogens is 650 g/mol. The van der Waals surface area contributed by atoms with Crippen molar-refractivity contribution in [3.63, 3.8) is 0 Å². The molecule has 0 amide bonds. The third-order valence-electron chi connectivity index (χ3n) is 11.3. The van der Waals surface area contributed by atoms with Gasteiger partial charge in [-0.15, -0.1) is 0 Å². The summed E-state index contributed by atoms with van der Waals surface area (Å²) in [6, 6.07) is 0. The molecule has 1 aliphatic carbocycles. The molecule has 0 bridgehead atoms. The van der Waals surface area contributed by atoms with Crippen LogP contribution in [-0.4, -0.2) is 32.9 Å². The molecule has 2 heteroatoms. The minimum atomic E-state index is -0.164. The highest BCUT2D eigenvalue weighted by atomic mass is 31.1. The van der Waals surface area contributed by atoms with Crippen molar-refractivity contribution in [1.29, 1.82) is 0 Å². The molecule has 0 heterocycles. The first kappa shape index (κ1) is 49.4. The molecule has 0 aromatic carbocycles. The van der Waals surface area contributed by atoms with Crippen LogP contribution in [0.5, 0.6) is 0 Å². The summed E-state index contributed by atoms with van der Waals surface area (Å²) in [6.45, 7) is 44.8. The third kappa shape index (κ3) is 21.3. The highest BCUT2D eigenvalue weighted by molar-refractivity contribution is 7.61. The fourth-order valence-electron chi connectivity index (χ4n) is 8.89. The second-order valence-electron chi connectivity index (χ2n) is 23.3. The van der Waals surface area contributed by atoms with E-state index in [0.717, 1.165) is 0 Å². The average molecular weight is 747 g/mol. The van der Waals surface area contributed by atoms with Gasteiger partial charge in [-0.05, 0) is 81.5 Å². The molecule has 0 aromatic heterocycles. The van der Waals surface area contributed by atoms with E-state index < -0.39 is 0 Å². The smallest absolute Gasteiger partial charge is 0.00196 e. The predicted octanol–water partition coefficient (Wildman–Crippen LogP) is 18.1. The number of allylic oxidation sites excluding steroid dienone is 4. The topological polar surface area (TPSA) is 0 Å². The average Bonchev–Trinajstić information content (AvgIpc) is 3.24. The number of unbranched alkanes of at least 4 members (excludes halogenated alkanes) is 12. The van der Waals surface area contributed by atoms with Gasteiger partial charge >= 0.3 is 0 Å². The minimum Gasteiger partial charge on any atom is -0.0914 e. The van der Waals surface area contributed by atoms with Crippen LogP contribution in [0.15, 0.2) is 22.8 Å². The van der Waals surface area contributed by atoms with E-state index in [-0.39, 0.29) is 15.8 Å². The molecule has 1 aliphatic rings. The monoisotopic (exact) mass is 747 g/mol. The van der Waals surface area contributed by atoms with Crippen molar-refractivity contribution in [3.05, 3.63) is 22.8 Å². The maximum absolute atomic E-state index is 2.83. The molecule has 0 spiro atoms. The number of hydrogen-bond donors (Lipinski definition) is 0. The fraction of sp³-hybridized carbons (Fsp3) is 0.918. The summed E-state index contributed by atoms with van der Waals surface area (Å²) >= 11 is 0. The molecule has 1 unspecified atom stereocenters. The quantitative estimate of drug-likeness (QED) is 0.0764. The molecule has 51 heavy (non-hydrogen) atoms. The first-order valence-corrected chi connectivity index (χ1v) is 25.2. The van der Waals surface area contributed by atoms with Crippen molar-refractivity contribution >= 4 is 15.8 Å². The lowest BCUT2D eigenvalue weighted by molar-refractivity contribution is 0.356. The molecule has 0 radical (unpaired) electrons. The van der Waals surface area contributed by atoms with Gasteiger partial charge in [0, 0.05) is 5.92 Å². The van der Waals surface area contributed by atoms with Gasteiger partial charge in [-0.1, -0.05) is 241 Å². The summed E-state index contributed by atoms with van der Waals surface area (Å²) in [5.74, 6) is 0.704. The molecule has 0 aromatic rings. The van der Waals surface area contributed by atoms with Gasteiger partial charge in [0.05, 0.1) is 0 Å². The molecule has 302 valence electrons. The maximum Gasteiger partial charge on any atom is 0.00196 e. The molecule has 0 fully saturated rings. The van der Waals surface area contributed by atoms with Crippen molar-refractivity contribution in [2.24, 2.45) is 16.7 Å². The van der Waals surface area contributed by atoms with Crippen molar-refractivity contribution in [3.8, 4) is 0 Å². The van der Waals surface area contributed by atoms with Gasteiger partial charge in [0.15, 0.2) is 0 Å². The zero-order valence-electron chi connectivity index (χ0n) is 38.7. The Bertz CT molecular complexity index is 987. The third-order valence-corrected chi connectivity index (χ3v) is 19.1. The van der Waals surface area contributed by atoms with Gasteiger partial charge in [0.25, 0.3) is 0 Å². The van der Waals surface area contributed by atoms with Crippen LogP contribution in [0, 0.1) is 16.7 Å². The lowest BCUT2D eigenvalue weighted by atomic mass is 9.87. The van der Waals surface area contributed by atoms with E-state index >= 15 is 0 Å². The van der Waals surface area contributed by atoms with Gasteiger partial charge in [0.1, 0.15) is 0 Å². The standard InChI is InChI=1S/C49H96P2/c1-44(2,3)35-31-27-23-19-21-25-29-33-40-37-41(38-50(46(7,8)9)47(10,11)12)43(39-51(48(13,14)15)49(16,17)18)42(40)34-30-26-22-20-24-28-32-36-45(4,5)6/h37,42H,19-36,38-39H2,1-18H3. The van der Waals surface area contributed by atoms with Gasteiger partial charge in [0.2, 0.25) is 0 Å². The van der Waals surface area contributed by atoms with Crippen molar-refractivity contribution in [2.75, 3.05) is 12.3 Å². The van der Waals surface area contributed by atoms with E-state index in [1.54, 1.807) is 5.57 Å². The van der Waals surface area contributed by atoms with Crippen LogP contribution in [0.3, 0.4) is 0 Å². The van der Waals surface area contributed by atoms with Crippen molar-refractivity contribution < 1.29 is 0 Å². The van der Waals surface area contributed by atoms with Gasteiger partial charge in [-0.2, -0.15) is 0 Å². The zero-order chi connectivity index (χ0) is 39.3.